The van der Waals surface area contributed by atoms with Crippen molar-refractivity contribution in [1.29, 1.82) is 0 Å². The maximum Gasteiger partial charge on any atom is 0.301 e. The van der Waals surface area contributed by atoms with Crippen molar-refractivity contribution in [2.75, 3.05) is 5.43 Å². The first-order chi connectivity index (χ1) is 17.5. The number of nitro benzene ring substituents is 2. The van der Waals surface area contributed by atoms with Crippen molar-refractivity contribution in [1.82, 2.24) is 0 Å². The zero-order valence-corrected chi connectivity index (χ0v) is 22.9. The van der Waals surface area contributed by atoms with Crippen LogP contribution in [0.4, 0.5) is 17.1 Å². The highest BCUT2D eigenvalue weighted by Gasteiger charge is 2.55. The predicted molar refractivity (Wildman–Crippen MR) is 148 cm³/mol. The Morgan fingerprint density at radius 1 is 1.11 bits per heavy atom. The number of fused-ring (bicyclic) bond motifs is 3. The van der Waals surface area contributed by atoms with Crippen molar-refractivity contribution >= 4 is 22.8 Å². The molecular formula is C29H42N4O4. The summed E-state index contributed by atoms with van der Waals surface area (Å²) in [6.07, 6.45) is 13.5. The van der Waals surface area contributed by atoms with Crippen LogP contribution in [0.25, 0.3) is 0 Å². The minimum atomic E-state index is -0.633. The van der Waals surface area contributed by atoms with Crippen LogP contribution in [0.2, 0.25) is 0 Å². The van der Waals surface area contributed by atoms with E-state index in [1.807, 2.05) is 0 Å². The molecule has 8 nitrogen and oxygen atoms in total. The average molecular weight is 511 g/mol. The zero-order valence-electron chi connectivity index (χ0n) is 22.9. The van der Waals surface area contributed by atoms with Crippen LogP contribution in [0.1, 0.15) is 79.6 Å². The van der Waals surface area contributed by atoms with Gasteiger partial charge in [-0.25, -0.2) is 0 Å². The maximum absolute atomic E-state index is 11.5. The molecule has 0 saturated heterocycles. The van der Waals surface area contributed by atoms with E-state index in [9.17, 15) is 20.2 Å². The molecular weight excluding hydrogens is 468 g/mol. The van der Waals surface area contributed by atoms with Crippen LogP contribution in [0.5, 0.6) is 0 Å². The van der Waals surface area contributed by atoms with E-state index < -0.39 is 9.85 Å². The summed E-state index contributed by atoms with van der Waals surface area (Å²) >= 11 is 0. The van der Waals surface area contributed by atoms with Gasteiger partial charge in [0.15, 0.2) is 0 Å². The third-order valence-electron chi connectivity index (χ3n) is 9.88. The molecule has 4 rings (SSSR count). The van der Waals surface area contributed by atoms with Gasteiger partial charge in [0.2, 0.25) is 0 Å². The Labute approximate surface area is 220 Å². The minimum absolute atomic E-state index is 0.159. The molecule has 37 heavy (non-hydrogen) atoms. The molecule has 0 spiro atoms. The molecule has 7 atom stereocenters. The van der Waals surface area contributed by atoms with Crippen LogP contribution < -0.4 is 5.43 Å². The van der Waals surface area contributed by atoms with Crippen molar-refractivity contribution in [2.24, 2.45) is 51.9 Å². The highest BCUT2D eigenvalue weighted by atomic mass is 16.6. The summed E-state index contributed by atoms with van der Waals surface area (Å²) in [5.74, 6) is 4.36. The van der Waals surface area contributed by atoms with E-state index in [0.717, 1.165) is 29.5 Å². The molecule has 0 aliphatic heterocycles. The number of anilines is 1. The Hall–Kier alpha value is -2.77. The molecule has 202 valence electrons. The number of nitrogens with zero attached hydrogens (tertiary/aromatic N) is 3. The van der Waals surface area contributed by atoms with E-state index in [4.69, 9.17) is 0 Å². The molecule has 0 radical (unpaired) electrons. The van der Waals surface area contributed by atoms with Crippen molar-refractivity contribution in [2.45, 2.75) is 79.6 Å². The standard InChI is InChI=1S/C29H42N4O4/c1-18(2)7-6-8-19(3)24-11-12-25-23-10-14-26(20(4)22(23)15-16-29(24,25)5)30-31-27-13-9-21(32(34)35)17-28(27)33(36)37/h9-10,13-14,17-20,22-25,31H,6-8,11-12,15-16H2,1-5H3/b30-26+/t19-,20+,22+,23-,24-,25-,29+/m1/s1. The number of allylic oxidation sites excluding steroid dienone is 2. The maximum atomic E-state index is 11.5. The van der Waals surface area contributed by atoms with Crippen LogP contribution in [0, 0.1) is 67.1 Å². The van der Waals surface area contributed by atoms with Gasteiger partial charge in [-0.05, 0) is 78.7 Å². The molecule has 0 aromatic heterocycles. The van der Waals surface area contributed by atoms with Gasteiger partial charge in [-0.2, -0.15) is 5.10 Å². The Balaban J connectivity index is 1.48. The quantitative estimate of drug-likeness (QED) is 0.267. The van der Waals surface area contributed by atoms with Gasteiger partial charge in [0, 0.05) is 12.0 Å². The van der Waals surface area contributed by atoms with Crippen LogP contribution in [-0.2, 0) is 0 Å². The van der Waals surface area contributed by atoms with Gasteiger partial charge in [0.25, 0.3) is 5.69 Å². The topological polar surface area (TPSA) is 111 Å². The van der Waals surface area contributed by atoms with E-state index in [1.165, 1.54) is 57.1 Å². The van der Waals surface area contributed by atoms with Gasteiger partial charge in [-0.3, -0.25) is 25.7 Å². The number of nitro groups is 2. The highest BCUT2D eigenvalue weighted by Crippen LogP contribution is 2.63. The summed E-state index contributed by atoms with van der Waals surface area (Å²) in [5.41, 5.74) is 3.61. The summed E-state index contributed by atoms with van der Waals surface area (Å²) in [7, 11) is 0. The monoisotopic (exact) mass is 510 g/mol. The molecule has 1 aromatic rings. The SMILES string of the molecule is CC(C)CCC[C@@H](C)[C@H]1CC[C@@H]2[C@@H]3C=C/C(=N\Nc4ccc([N+](=O)[O-])cc4[N+](=O)[O-])[C@@H](C)[C@@H]3CC[C@]21C. The molecule has 0 unspecified atom stereocenters. The van der Waals surface area contributed by atoms with E-state index in [0.29, 0.717) is 23.2 Å². The zero-order chi connectivity index (χ0) is 26.9. The molecule has 1 aromatic carbocycles. The van der Waals surface area contributed by atoms with Gasteiger partial charge < -0.3 is 0 Å². The second-order valence-electron chi connectivity index (χ2n) is 12.4. The van der Waals surface area contributed by atoms with E-state index in [1.54, 1.807) is 0 Å². The lowest BCUT2D eigenvalue weighted by Gasteiger charge is -2.51. The Morgan fingerprint density at radius 3 is 2.54 bits per heavy atom. The largest absolute Gasteiger partial charge is 0.301 e. The molecule has 2 saturated carbocycles. The van der Waals surface area contributed by atoms with Gasteiger partial charge in [0.05, 0.1) is 21.6 Å². The Morgan fingerprint density at radius 2 is 1.86 bits per heavy atom. The first-order valence-corrected chi connectivity index (χ1v) is 14.0. The lowest BCUT2D eigenvalue weighted by Crippen LogP contribution is -2.46. The summed E-state index contributed by atoms with van der Waals surface area (Å²) < 4.78 is 0. The van der Waals surface area contributed by atoms with Crippen LogP contribution in [0.15, 0.2) is 35.5 Å². The number of non-ortho nitro benzene ring substituents is 1. The molecule has 0 bridgehead atoms. The Kier molecular flexibility index (Phi) is 8.05. The van der Waals surface area contributed by atoms with Gasteiger partial charge in [-0.1, -0.05) is 60.0 Å². The van der Waals surface area contributed by atoms with Gasteiger partial charge in [0.1, 0.15) is 5.69 Å². The fourth-order valence-corrected chi connectivity index (χ4v) is 7.83. The fraction of sp³-hybridized carbons (Fsp3) is 0.690. The van der Waals surface area contributed by atoms with Crippen molar-refractivity contribution in [3.8, 4) is 0 Å². The minimum Gasteiger partial charge on any atom is -0.271 e. The van der Waals surface area contributed by atoms with Crippen molar-refractivity contribution in [3.05, 3.63) is 50.6 Å². The molecule has 2 fully saturated rings. The number of hydrazone groups is 1. The molecule has 8 heteroatoms. The second-order valence-corrected chi connectivity index (χ2v) is 12.4. The highest BCUT2D eigenvalue weighted by molar-refractivity contribution is 5.98. The predicted octanol–water partition coefficient (Wildman–Crippen LogP) is 8.00. The lowest BCUT2D eigenvalue weighted by molar-refractivity contribution is -0.393. The number of rotatable bonds is 9. The second kappa shape index (κ2) is 10.9. The lowest BCUT2D eigenvalue weighted by atomic mass is 9.53. The fourth-order valence-electron chi connectivity index (χ4n) is 7.83. The summed E-state index contributed by atoms with van der Waals surface area (Å²) in [6, 6.07) is 3.59. The summed E-state index contributed by atoms with van der Waals surface area (Å²) in [4.78, 5) is 21.3. The normalized spacial score (nSPS) is 32.7. The molecule has 3 aliphatic carbocycles. The van der Waals surface area contributed by atoms with Crippen molar-refractivity contribution in [3.63, 3.8) is 0 Å². The van der Waals surface area contributed by atoms with E-state index in [-0.39, 0.29) is 23.0 Å². The van der Waals surface area contributed by atoms with Gasteiger partial charge in [-0.15, -0.1) is 0 Å². The average Bonchev–Trinajstić information content (AvgIpc) is 3.20. The number of hydrogen-bond acceptors (Lipinski definition) is 6. The van der Waals surface area contributed by atoms with Crippen molar-refractivity contribution < 1.29 is 9.85 Å². The number of benzene rings is 1. The molecule has 1 N–H and O–H groups in total. The van der Waals surface area contributed by atoms with E-state index in [2.05, 4.69) is 57.3 Å². The van der Waals surface area contributed by atoms with Crippen LogP contribution in [-0.4, -0.2) is 15.6 Å². The number of nitrogens with one attached hydrogen (secondary N) is 1. The first kappa shape index (κ1) is 27.3. The third-order valence-corrected chi connectivity index (χ3v) is 9.88. The molecule has 0 amide bonds. The summed E-state index contributed by atoms with van der Waals surface area (Å²) in [6.45, 7) is 11.9. The third kappa shape index (κ3) is 5.43. The smallest absolute Gasteiger partial charge is 0.271 e. The Bertz CT molecular complexity index is 1080. The van der Waals surface area contributed by atoms with Gasteiger partial charge >= 0.3 is 5.69 Å². The molecule has 0 heterocycles. The summed E-state index contributed by atoms with van der Waals surface area (Å²) in [5, 5.41) is 27.0. The van der Waals surface area contributed by atoms with Crippen LogP contribution in [0.3, 0.4) is 0 Å². The number of hydrogen-bond donors (Lipinski definition) is 1. The van der Waals surface area contributed by atoms with E-state index >= 15 is 0 Å². The molecule has 3 aliphatic rings. The first-order valence-electron chi connectivity index (χ1n) is 14.0. The van der Waals surface area contributed by atoms with Crippen LogP contribution >= 0.6 is 0 Å².